The topological polar surface area (TPSA) is 29.5 Å². The third-order valence-corrected chi connectivity index (χ3v) is 5.68. The van der Waals surface area contributed by atoms with Crippen molar-refractivity contribution in [2.24, 2.45) is 0 Å². The summed E-state index contributed by atoms with van der Waals surface area (Å²) >= 11 is 1.75. The molecular formula is C21H15NO2S. The molecule has 0 spiro atoms. The second kappa shape index (κ2) is 5.60. The van der Waals surface area contributed by atoms with Gasteiger partial charge in [0.1, 0.15) is 11.5 Å². The molecule has 2 aromatic heterocycles. The average molecular weight is 345 g/mol. The number of rotatable bonds is 2. The largest absolute Gasteiger partial charge is 0.464 e. The lowest BCUT2D eigenvalue weighted by Crippen LogP contribution is -2.12. The molecule has 4 heteroatoms. The Kier molecular flexibility index (Phi) is 3.25. The zero-order valence-corrected chi connectivity index (χ0v) is 14.4. The van der Waals surface area contributed by atoms with Crippen molar-refractivity contribution in [3.63, 3.8) is 0 Å². The molecular weight excluding hydrogens is 330 g/mol. The zero-order valence-electron chi connectivity index (χ0n) is 13.6. The van der Waals surface area contributed by atoms with Gasteiger partial charge in [-0.15, -0.1) is 0 Å². The molecule has 4 aromatic rings. The van der Waals surface area contributed by atoms with Gasteiger partial charge in [0.15, 0.2) is 0 Å². The number of benzene rings is 2. The molecule has 0 unspecified atom stereocenters. The summed E-state index contributed by atoms with van der Waals surface area (Å²) in [6.45, 7) is 0. The van der Waals surface area contributed by atoms with E-state index >= 15 is 0 Å². The first-order chi connectivity index (χ1) is 12.3. The second-order valence-corrected chi connectivity index (χ2v) is 6.96. The first kappa shape index (κ1) is 14.5. The molecule has 0 aliphatic carbocycles. The van der Waals surface area contributed by atoms with E-state index in [0.717, 1.165) is 22.1 Å². The van der Waals surface area contributed by atoms with Crippen LogP contribution in [0.25, 0.3) is 16.3 Å². The first-order valence-corrected chi connectivity index (χ1v) is 8.90. The van der Waals surface area contributed by atoms with E-state index in [1.54, 1.807) is 24.3 Å². The van der Waals surface area contributed by atoms with Crippen molar-refractivity contribution >= 4 is 33.8 Å². The second-order valence-electron chi connectivity index (χ2n) is 5.93. The number of furan rings is 2. The van der Waals surface area contributed by atoms with E-state index in [2.05, 4.69) is 48.3 Å². The Morgan fingerprint density at radius 1 is 0.840 bits per heavy atom. The molecule has 0 saturated carbocycles. The Balaban J connectivity index is 1.76. The smallest absolute Gasteiger partial charge is 0.140 e. The predicted octanol–water partition coefficient (Wildman–Crippen LogP) is 5.98. The van der Waals surface area contributed by atoms with Gasteiger partial charge in [-0.25, -0.2) is 0 Å². The molecule has 0 amide bonds. The molecule has 0 N–H and O–H groups in total. The van der Waals surface area contributed by atoms with Crippen LogP contribution in [0, 0.1) is 0 Å². The maximum Gasteiger partial charge on any atom is 0.140 e. The van der Waals surface area contributed by atoms with Gasteiger partial charge in [0, 0.05) is 17.3 Å². The van der Waals surface area contributed by atoms with E-state index < -0.39 is 0 Å². The Morgan fingerprint density at radius 3 is 2.24 bits per heavy atom. The standard InChI is InChI=1S/C21H15NO2S/c1-22-20-15-7-3-2-6-14(15)10-11-18(20)25-21(22)19(16-8-4-12-23-16)17-9-5-13-24-17/h2-13H,1H3. The summed E-state index contributed by atoms with van der Waals surface area (Å²) in [6, 6.07) is 20.6. The fraction of sp³-hybridized carbons (Fsp3) is 0.0476. The van der Waals surface area contributed by atoms with Crippen molar-refractivity contribution in [1.29, 1.82) is 0 Å². The summed E-state index contributed by atoms with van der Waals surface area (Å²) in [7, 11) is 2.10. The third kappa shape index (κ3) is 2.22. The molecule has 0 bridgehead atoms. The number of hydrogen-bond donors (Lipinski definition) is 0. The van der Waals surface area contributed by atoms with Crippen molar-refractivity contribution in [2.75, 3.05) is 11.9 Å². The fourth-order valence-electron chi connectivity index (χ4n) is 3.33. The highest BCUT2D eigenvalue weighted by Crippen LogP contribution is 2.51. The molecule has 3 heterocycles. The number of hydrogen-bond acceptors (Lipinski definition) is 4. The van der Waals surface area contributed by atoms with Gasteiger partial charge in [-0.3, -0.25) is 0 Å². The molecule has 25 heavy (non-hydrogen) atoms. The highest BCUT2D eigenvalue weighted by atomic mass is 32.2. The van der Waals surface area contributed by atoms with Crippen LogP contribution in [0.3, 0.4) is 0 Å². The van der Waals surface area contributed by atoms with Crippen LogP contribution in [0.2, 0.25) is 0 Å². The maximum atomic E-state index is 5.71. The molecule has 0 atom stereocenters. The van der Waals surface area contributed by atoms with Gasteiger partial charge in [0.05, 0.1) is 28.8 Å². The van der Waals surface area contributed by atoms with Crippen LogP contribution < -0.4 is 4.90 Å². The Morgan fingerprint density at radius 2 is 1.56 bits per heavy atom. The van der Waals surface area contributed by atoms with Gasteiger partial charge in [0.25, 0.3) is 0 Å². The predicted molar refractivity (Wildman–Crippen MR) is 102 cm³/mol. The zero-order chi connectivity index (χ0) is 16.8. The number of nitrogens with zero attached hydrogens (tertiary/aromatic N) is 1. The molecule has 1 aliphatic rings. The monoisotopic (exact) mass is 345 g/mol. The molecule has 2 aromatic carbocycles. The van der Waals surface area contributed by atoms with Crippen molar-refractivity contribution in [2.45, 2.75) is 4.90 Å². The van der Waals surface area contributed by atoms with Crippen molar-refractivity contribution in [3.05, 3.63) is 89.7 Å². The third-order valence-electron chi connectivity index (χ3n) is 4.46. The van der Waals surface area contributed by atoms with E-state index in [1.807, 2.05) is 24.3 Å². The van der Waals surface area contributed by atoms with E-state index in [-0.39, 0.29) is 0 Å². The average Bonchev–Trinajstić information content (AvgIpc) is 3.39. The van der Waals surface area contributed by atoms with E-state index in [4.69, 9.17) is 8.83 Å². The van der Waals surface area contributed by atoms with E-state index in [1.165, 1.54) is 21.4 Å². The molecule has 0 radical (unpaired) electrons. The minimum atomic E-state index is 0.807. The number of fused-ring (bicyclic) bond motifs is 3. The number of thioether (sulfide) groups is 1. The SMILES string of the molecule is CN1C(=C(c2ccco2)c2ccco2)Sc2ccc3ccccc3c21. The molecule has 5 rings (SSSR count). The molecule has 0 saturated heterocycles. The summed E-state index contributed by atoms with van der Waals surface area (Å²) in [5.41, 5.74) is 2.21. The maximum absolute atomic E-state index is 5.71. The highest BCUT2D eigenvalue weighted by Gasteiger charge is 2.30. The molecule has 0 fully saturated rings. The van der Waals surface area contributed by atoms with Crippen LogP contribution >= 0.6 is 11.8 Å². The van der Waals surface area contributed by atoms with Crippen LogP contribution in [0.1, 0.15) is 11.5 Å². The van der Waals surface area contributed by atoms with Gasteiger partial charge < -0.3 is 13.7 Å². The minimum absolute atomic E-state index is 0.807. The Bertz CT molecular complexity index is 1040. The normalized spacial score (nSPS) is 13.5. The van der Waals surface area contributed by atoms with Crippen molar-refractivity contribution < 1.29 is 8.83 Å². The van der Waals surface area contributed by atoms with Crippen LogP contribution in [0.4, 0.5) is 5.69 Å². The van der Waals surface area contributed by atoms with Crippen molar-refractivity contribution in [3.8, 4) is 0 Å². The van der Waals surface area contributed by atoms with Gasteiger partial charge in [0.2, 0.25) is 0 Å². The van der Waals surface area contributed by atoms with Crippen LogP contribution in [0.5, 0.6) is 0 Å². The quantitative estimate of drug-likeness (QED) is 0.447. The van der Waals surface area contributed by atoms with Gasteiger partial charge in [-0.2, -0.15) is 0 Å². The molecule has 3 nitrogen and oxygen atoms in total. The van der Waals surface area contributed by atoms with E-state index in [0.29, 0.717) is 0 Å². The lowest BCUT2D eigenvalue weighted by molar-refractivity contribution is 0.529. The minimum Gasteiger partial charge on any atom is -0.464 e. The molecule has 1 aliphatic heterocycles. The summed E-state index contributed by atoms with van der Waals surface area (Å²) in [5, 5.41) is 3.60. The number of anilines is 1. The van der Waals surface area contributed by atoms with Crippen LogP contribution in [-0.4, -0.2) is 7.05 Å². The summed E-state index contributed by atoms with van der Waals surface area (Å²) in [6.07, 6.45) is 3.39. The fourth-order valence-corrected chi connectivity index (χ4v) is 4.55. The Labute approximate surface area is 149 Å². The highest BCUT2D eigenvalue weighted by molar-refractivity contribution is 8.04. The van der Waals surface area contributed by atoms with Gasteiger partial charge in [-0.05, 0) is 35.7 Å². The first-order valence-electron chi connectivity index (χ1n) is 8.08. The molecule has 122 valence electrons. The van der Waals surface area contributed by atoms with Crippen LogP contribution in [-0.2, 0) is 0 Å². The summed E-state index contributed by atoms with van der Waals surface area (Å²) in [4.78, 5) is 3.48. The Hall–Kier alpha value is -2.85. The van der Waals surface area contributed by atoms with E-state index in [9.17, 15) is 0 Å². The lowest BCUT2D eigenvalue weighted by Gasteiger charge is -2.18. The summed E-state index contributed by atoms with van der Waals surface area (Å²) in [5.74, 6) is 1.61. The lowest BCUT2D eigenvalue weighted by atomic mass is 10.1. The van der Waals surface area contributed by atoms with Gasteiger partial charge >= 0.3 is 0 Å². The van der Waals surface area contributed by atoms with Gasteiger partial charge in [-0.1, -0.05) is 42.1 Å². The van der Waals surface area contributed by atoms with Crippen LogP contribution in [0.15, 0.2) is 91.9 Å². The summed E-state index contributed by atoms with van der Waals surface area (Å²) < 4.78 is 11.4. The van der Waals surface area contributed by atoms with Crippen molar-refractivity contribution in [1.82, 2.24) is 0 Å².